The van der Waals surface area contributed by atoms with Crippen LogP contribution in [0, 0.1) is 5.92 Å². The topological polar surface area (TPSA) is 92.8 Å². The zero-order valence-corrected chi connectivity index (χ0v) is 20.2. The van der Waals surface area contributed by atoms with Gasteiger partial charge in [-0.3, -0.25) is 9.59 Å². The van der Waals surface area contributed by atoms with Crippen LogP contribution in [0.1, 0.15) is 30.4 Å². The zero-order chi connectivity index (χ0) is 22.9. The molecule has 0 spiro atoms. The number of amides is 2. The molecule has 1 N–H and O–H groups in total. The maximum absolute atomic E-state index is 13.0. The van der Waals surface area contributed by atoms with E-state index in [1.807, 2.05) is 24.3 Å². The number of halogens is 1. The van der Waals surface area contributed by atoms with Crippen LogP contribution in [0.2, 0.25) is 0 Å². The number of hydrogen-bond acceptors (Lipinski definition) is 5. The summed E-state index contributed by atoms with van der Waals surface area (Å²) in [5.74, 6) is 0.170. The first-order valence-corrected chi connectivity index (χ1v) is 13.0. The predicted molar refractivity (Wildman–Crippen MR) is 124 cm³/mol. The molecule has 0 saturated heterocycles. The lowest BCUT2D eigenvalue weighted by Gasteiger charge is -2.18. The molecule has 0 aromatic heterocycles. The number of rotatable bonds is 8. The highest BCUT2D eigenvalue weighted by Crippen LogP contribution is 2.39. The summed E-state index contributed by atoms with van der Waals surface area (Å²) < 4.78 is 31.6. The van der Waals surface area contributed by atoms with Crippen LogP contribution in [0.5, 0.6) is 5.75 Å². The van der Waals surface area contributed by atoms with Gasteiger partial charge in [0.2, 0.25) is 11.8 Å². The average molecular weight is 521 g/mol. The molecule has 170 valence electrons. The quantitative estimate of drug-likeness (QED) is 0.576. The van der Waals surface area contributed by atoms with Crippen LogP contribution in [0.25, 0.3) is 0 Å². The number of fused-ring (bicyclic) bond motifs is 1. The van der Waals surface area contributed by atoms with Gasteiger partial charge in [0.15, 0.2) is 9.84 Å². The summed E-state index contributed by atoms with van der Waals surface area (Å²) in [6.07, 6.45) is 2.36. The Morgan fingerprint density at radius 3 is 2.72 bits per heavy atom. The first-order chi connectivity index (χ1) is 15.3. The van der Waals surface area contributed by atoms with E-state index in [-0.39, 0.29) is 41.3 Å². The van der Waals surface area contributed by atoms with Crippen molar-refractivity contribution in [2.45, 2.75) is 37.1 Å². The van der Waals surface area contributed by atoms with Crippen molar-refractivity contribution < 1.29 is 22.7 Å². The molecule has 1 heterocycles. The van der Waals surface area contributed by atoms with Crippen molar-refractivity contribution in [2.24, 2.45) is 5.92 Å². The van der Waals surface area contributed by atoms with E-state index in [0.29, 0.717) is 28.9 Å². The van der Waals surface area contributed by atoms with Gasteiger partial charge in [0, 0.05) is 35.6 Å². The lowest BCUT2D eigenvalue weighted by Crippen LogP contribution is -2.30. The molecular weight excluding hydrogens is 496 g/mol. The molecule has 1 saturated carbocycles. The Morgan fingerprint density at radius 2 is 2.00 bits per heavy atom. The van der Waals surface area contributed by atoms with E-state index in [2.05, 4.69) is 21.2 Å². The van der Waals surface area contributed by atoms with Crippen LogP contribution in [0.4, 0.5) is 5.69 Å². The Labute approximate surface area is 196 Å². The third-order valence-electron chi connectivity index (χ3n) is 5.78. The number of ether oxygens (including phenoxy) is 1. The highest BCUT2D eigenvalue weighted by atomic mass is 79.9. The summed E-state index contributed by atoms with van der Waals surface area (Å²) in [7, 11) is -2.15. The Bertz CT molecular complexity index is 1160. The standard InChI is InChI=1S/C23H25BrN2O5S/c1-31-18-4-2-3-15(11-18)14-25-22(27)8-10-32(29,30)21-13-20-17(12-19(21)24)7-9-26(20)23(28)16-5-6-16/h2-4,11-13,16H,5-10,14H2,1H3,(H,25,27). The predicted octanol–water partition coefficient (Wildman–Crippen LogP) is 3.24. The lowest BCUT2D eigenvalue weighted by molar-refractivity contribution is -0.121. The van der Waals surface area contributed by atoms with Gasteiger partial charge in [-0.2, -0.15) is 0 Å². The van der Waals surface area contributed by atoms with Gasteiger partial charge < -0.3 is 15.0 Å². The molecule has 0 radical (unpaired) electrons. The van der Waals surface area contributed by atoms with E-state index in [0.717, 1.165) is 24.0 Å². The summed E-state index contributed by atoms with van der Waals surface area (Å²) in [4.78, 5) is 26.7. The van der Waals surface area contributed by atoms with Gasteiger partial charge >= 0.3 is 0 Å². The number of methoxy groups -OCH3 is 1. The third kappa shape index (κ3) is 4.99. The second kappa shape index (κ2) is 9.23. The minimum absolute atomic E-state index is 0.0675. The monoisotopic (exact) mass is 520 g/mol. The molecule has 9 heteroatoms. The molecule has 7 nitrogen and oxygen atoms in total. The fourth-order valence-corrected chi connectivity index (χ4v) is 6.27. The second-order valence-electron chi connectivity index (χ2n) is 8.12. The highest BCUT2D eigenvalue weighted by molar-refractivity contribution is 9.10. The van der Waals surface area contributed by atoms with Crippen molar-refractivity contribution in [2.75, 3.05) is 24.3 Å². The lowest BCUT2D eigenvalue weighted by atomic mass is 10.2. The van der Waals surface area contributed by atoms with Crippen molar-refractivity contribution in [3.63, 3.8) is 0 Å². The normalized spacial score (nSPS) is 15.4. The van der Waals surface area contributed by atoms with Crippen LogP contribution in [-0.2, 0) is 32.4 Å². The van der Waals surface area contributed by atoms with Gasteiger partial charge in [-0.25, -0.2) is 8.42 Å². The summed E-state index contributed by atoms with van der Waals surface area (Å²) in [5.41, 5.74) is 2.49. The van der Waals surface area contributed by atoms with E-state index in [4.69, 9.17) is 4.74 Å². The molecule has 32 heavy (non-hydrogen) atoms. The second-order valence-corrected chi connectivity index (χ2v) is 11.1. The Balaban J connectivity index is 1.41. The smallest absolute Gasteiger partial charge is 0.230 e. The van der Waals surface area contributed by atoms with Crippen LogP contribution >= 0.6 is 15.9 Å². The molecule has 1 fully saturated rings. The van der Waals surface area contributed by atoms with E-state index in [1.54, 1.807) is 24.1 Å². The maximum atomic E-state index is 13.0. The molecule has 1 aliphatic heterocycles. The molecule has 4 rings (SSSR count). The molecular formula is C23H25BrN2O5S. The Hall–Kier alpha value is -2.39. The minimum atomic E-state index is -3.72. The molecule has 0 bridgehead atoms. The van der Waals surface area contributed by atoms with Crippen LogP contribution in [-0.4, -0.2) is 39.6 Å². The molecule has 1 aliphatic carbocycles. The molecule has 2 aliphatic rings. The van der Waals surface area contributed by atoms with Gasteiger partial charge in [0.25, 0.3) is 0 Å². The van der Waals surface area contributed by atoms with Crippen molar-refractivity contribution in [3.8, 4) is 5.75 Å². The van der Waals surface area contributed by atoms with Crippen LogP contribution < -0.4 is 15.0 Å². The summed E-state index contributed by atoms with van der Waals surface area (Å²) >= 11 is 3.37. The molecule has 2 amide bonds. The van der Waals surface area contributed by atoms with Gasteiger partial charge in [0.05, 0.1) is 17.8 Å². The first-order valence-electron chi connectivity index (χ1n) is 10.5. The van der Waals surface area contributed by atoms with Crippen LogP contribution in [0.15, 0.2) is 45.8 Å². The van der Waals surface area contributed by atoms with E-state index >= 15 is 0 Å². The highest BCUT2D eigenvalue weighted by Gasteiger charge is 2.37. The zero-order valence-electron chi connectivity index (χ0n) is 17.8. The minimum Gasteiger partial charge on any atom is -0.497 e. The molecule has 0 unspecified atom stereocenters. The number of anilines is 1. The van der Waals surface area contributed by atoms with Gasteiger partial charge in [-0.05, 0) is 70.6 Å². The van der Waals surface area contributed by atoms with Crippen molar-refractivity contribution in [3.05, 3.63) is 52.0 Å². The number of carbonyl (C=O) groups is 2. The number of benzene rings is 2. The molecule has 2 aromatic rings. The van der Waals surface area contributed by atoms with E-state index < -0.39 is 9.84 Å². The van der Waals surface area contributed by atoms with Gasteiger partial charge in [-0.15, -0.1) is 0 Å². The Morgan fingerprint density at radius 1 is 1.22 bits per heavy atom. The number of hydrogen-bond donors (Lipinski definition) is 1. The average Bonchev–Trinajstić information content (AvgIpc) is 3.55. The Kier molecular flexibility index (Phi) is 6.57. The SMILES string of the molecule is COc1cccc(CNC(=O)CCS(=O)(=O)c2cc3c(cc2Br)CCN3C(=O)C2CC2)c1. The van der Waals surface area contributed by atoms with E-state index in [9.17, 15) is 18.0 Å². The van der Waals surface area contributed by atoms with Crippen molar-refractivity contribution in [1.29, 1.82) is 0 Å². The van der Waals surface area contributed by atoms with Crippen LogP contribution in [0.3, 0.4) is 0 Å². The summed E-state index contributed by atoms with van der Waals surface area (Å²) in [5, 5.41) is 2.75. The first kappa shape index (κ1) is 22.8. The van der Waals surface area contributed by atoms with Gasteiger partial charge in [-0.1, -0.05) is 12.1 Å². The fourth-order valence-electron chi connectivity index (χ4n) is 3.81. The summed E-state index contributed by atoms with van der Waals surface area (Å²) in [6.45, 7) is 0.865. The summed E-state index contributed by atoms with van der Waals surface area (Å²) in [6, 6.07) is 10.7. The van der Waals surface area contributed by atoms with Crippen molar-refractivity contribution in [1.82, 2.24) is 5.32 Å². The maximum Gasteiger partial charge on any atom is 0.230 e. The van der Waals surface area contributed by atoms with E-state index in [1.165, 1.54) is 0 Å². The van der Waals surface area contributed by atoms with Crippen molar-refractivity contribution >= 4 is 43.3 Å². The number of nitrogens with one attached hydrogen (secondary N) is 1. The molecule has 0 atom stereocenters. The number of carbonyl (C=O) groups excluding carboxylic acids is 2. The number of nitrogens with zero attached hydrogens (tertiary/aromatic N) is 1. The molecule has 2 aromatic carbocycles. The fraction of sp³-hybridized carbons (Fsp3) is 0.391. The number of sulfone groups is 1. The van der Waals surface area contributed by atoms with Gasteiger partial charge in [0.1, 0.15) is 5.75 Å². The third-order valence-corrected chi connectivity index (χ3v) is 8.45. The largest absolute Gasteiger partial charge is 0.497 e.